The fourth-order valence-electron chi connectivity index (χ4n) is 2.63. The molecule has 8 heteroatoms. The van der Waals surface area contributed by atoms with Gasteiger partial charge < -0.3 is 10.2 Å². The number of para-hydroxylation sites is 1. The van der Waals surface area contributed by atoms with Crippen molar-refractivity contribution < 1.29 is 13.2 Å². The van der Waals surface area contributed by atoms with Gasteiger partial charge in [0.05, 0.1) is 16.1 Å². The first-order valence-electron chi connectivity index (χ1n) is 8.72. The maximum absolute atomic E-state index is 12.7. The molecule has 3 rings (SSSR count). The summed E-state index contributed by atoms with van der Waals surface area (Å²) >= 11 is 5.82. The molecule has 0 unspecified atom stereocenters. The zero-order valence-electron chi connectivity index (χ0n) is 15.9. The van der Waals surface area contributed by atoms with E-state index in [0.29, 0.717) is 10.7 Å². The van der Waals surface area contributed by atoms with Gasteiger partial charge >= 0.3 is 0 Å². The molecule has 3 aromatic carbocycles. The van der Waals surface area contributed by atoms with Gasteiger partial charge in [0, 0.05) is 30.5 Å². The van der Waals surface area contributed by atoms with E-state index in [9.17, 15) is 13.2 Å². The number of rotatable bonds is 6. The number of benzene rings is 3. The van der Waals surface area contributed by atoms with Gasteiger partial charge in [-0.15, -0.1) is 0 Å². The Kier molecular flexibility index (Phi) is 6.10. The van der Waals surface area contributed by atoms with Crippen molar-refractivity contribution in [2.75, 3.05) is 29.0 Å². The van der Waals surface area contributed by atoms with Crippen LogP contribution in [-0.2, 0) is 10.0 Å². The van der Waals surface area contributed by atoms with Crippen LogP contribution >= 0.6 is 11.6 Å². The third kappa shape index (κ3) is 5.07. The summed E-state index contributed by atoms with van der Waals surface area (Å²) in [5.74, 6) is -0.419. The molecule has 0 aliphatic rings. The van der Waals surface area contributed by atoms with E-state index in [1.807, 2.05) is 31.1 Å². The molecule has 0 aliphatic carbocycles. The number of nitrogens with one attached hydrogen (secondary N) is 2. The highest BCUT2D eigenvalue weighted by Crippen LogP contribution is 2.23. The number of carbonyl (C=O) groups is 1. The molecule has 0 aliphatic heterocycles. The second-order valence-corrected chi connectivity index (χ2v) is 8.62. The first-order valence-corrected chi connectivity index (χ1v) is 10.6. The number of halogens is 1. The molecule has 2 N–H and O–H groups in total. The van der Waals surface area contributed by atoms with Gasteiger partial charge in [0.25, 0.3) is 15.9 Å². The summed E-state index contributed by atoms with van der Waals surface area (Å²) in [6.45, 7) is 0. The second kappa shape index (κ2) is 8.55. The third-order valence-electron chi connectivity index (χ3n) is 4.18. The first-order chi connectivity index (χ1) is 13.8. The van der Waals surface area contributed by atoms with E-state index in [0.717, 1.165) is 5.69 Å². The molecule has 0 fully saturated rings. The van der Waals surface area contributed by atoms with Gasteiger partial charge in [-0.3, -0.25) is 9.52 Å². The molecule has 0 saturated heterocycles. The highest BCUT2D eigenvalue weighted by atomic mass is 35.5. The highest BCUT2D eigenvalue weighted by Gasteiger charge is 2.18. The maximum atomic E-state index is 12.7. The van der Waals surface area contributed by atoms with E-state index in [1.165, 1.54) is 30.3 Å². The lowest BCUT2D eigenvalue weighted by molar-refractivity contribution is 0.102. The summed E-state index contributed by atoms with van der Waals surface area (Å²) in [5, 5.41) is 3.22. The van der Waals surface area contributed by atoms with Crippen molar-refractivity contribution in [3.05, 3.63) is 83.4 Å². The average molecular weight is 430 g/mol. The number of hydrogen-bond donors (Lipinski definition) is 2. The average Bonchev–Trinajstić information content (AvgIpc) is 2.69. The Morgan fingerprint density at radius 2 is 1.52 bits per heavy atom. The van der Waals surface area contributed by atoms with Crippen molar-refractivity contribution in [2.45, 2.75) is 4.90 Å². The van der Waals surface area contributed by atoms with Gasteiger partial charge in [-0.1, -0.05) is 23.7 Å². The smallest absolute Gasteiger partial charge is 0.261 e. The molecule has 1 amide bonds. The van der Waals surface area contributed by atoms with Crippen LogP contribution in [0.25, 0.3) is 0 Å². The summed E-state index contributed by atoms with van der Waals surface area (Å²) in [5.41, 5.74) is 2.00. The largest absolute Gasteiger partial charge is 0.378 e. The Bertz CT molecular complexity index is 1110. The summed E-state index contributed by atoms with van der Waals surface area (Å²) < 4.78 is 27.8. The fourth-order valence-corrected chi connectivity index (χ4v) is 3.83. The molecule has 29 heavy (non-hydrogen) atoms. The molecular formula is C21H20ClN3O3S. The normalized spacial score (nSPS) is 11.0. The van der Waals surface area contributed by atoms with E-state index < -0.39 is 15.9 Å². The Labute approximate surface area is 175 Å². The molecule has 0 spiro atoms. The first kappa shape index (κ1) is 20.7. The Morgan fingerprint density at radius 3 is 2.14 bits per heavy atom. The van der Waals surface area contributed by atoms with Crippen molar-refractivity contribution in [1.82, 2.24) is 0 Å². The Balaban J connectivity index is 1.82. The van der Waals surface area contributed by atoms with E-state index in [1.54, 1.807) is 30.3 Å². The lowest BCUT2D eigenvalue weighted by Gasteiger charge is -2.14. The van der Waals surface area contributed by atoms with Crippen LogP contribution in [0.5, 0.6) is 0 Å². The van der Waals surface area contributed by atoms with Crippen LogP contribution in [0.15, 0.2) is 77.7 Å². The Hall–Kier alpha value is -3.03. The molecule has 0 bridgehead atoms. The molecule has 0 aromatic heterocycles. The Morgan fingerprint density at radius 1 is 0.897 bits per heavy atom. The van der Waals surface area contributed by atoms with Crippen molar-refractivity contribution in [1.29, 1.82) is 0 Å². The third-order valence-corrected chi connectivity index (χ3v) is 5.81. The summed E-state index contributed by atoms with van der Waals surface area (Å²) in [4.78, 5) is 14.7. The van der Waals surface area contributed by atoms with Crippen molar-refractivity contribution >= 4 is 44.6 Å². The van der Waals surface area contributed by atoms with Gasteiger partial charge in [0.15, 0.2) is 0 Å². The van der Waals surface area contributed by atoms with Crippen LogP contribution in [0.4, 0.5) is 17.1 Å². The zero-order valence-corrected chi connectivity index (χ0v) is 17.5. The molecule has 0 radical (unpaired) electrons. The molecule has 0 atom stereocenters. The molecule has 6 nitrogen and oxygen atoms in total. The van der Waals surface area contributed by atoms with Crippen LogP contribution in [0, 0.1) is 0 Å². The number of nitrogens with zero attached hydrogens (tertiary/aromatic N) is 1. The maximum Gasteiger partial charge on any atom is 0.261 e. The van der Waals surface area contributed by atoms with E-state index in [4.69, 9.17) is 11.6 Å². The number of sulfonamides is 1. The van der Waals surface area contributed by atoms with Gasteiger partial charge in [0.1, 0.15) is 0 Å². The van der Waals surface area contributed by atoms with Crippen LogP contribution in [0.3, 0.4) is 0 Å². The summed E-state index contributed by atoms with van der Waals surface area (Å²) in [6.07, 6.45) is 0. The monoisotopic (exact) mass is 429 g/mol. The quantitative estimate of drug-likeness (QED) is 0.606. The van der Waals surface area contributed by atoms with Crippen molar-refractivity contribution in [3.63, 3.8) is 0 Å². The lowest BCUT2D eigenvalue weighted by Crippen LogP contribution is -2.18. The van der Waals surface area contributed by atoms with E-state index in [-0.39, 0.29) is 16.1 Å². The van der Waals surface area contributed by atoms with Crippen LogP contribution in [0.2, 0.25) is 5.02 Å². The summed E-state index contributed by atoms with van der Waals surface area (Å²) in [7, 11) is -0.0139. The molecule has 0 saturated carbocycles. The number of amides is 1. The van der Waals surface area contributed by atoms with Crippen molar-refractivity contribution in [2.24, 2.45) is 0 Å². The van der Waals surface area contributed by atoms with Crippen LogP contribution in [0.1, 0.15) is 10.4 Å². The minimum atomic E-state index is -3.87. The SMILES string of the molecule is CN(C)c1ccc(NC(=O)c2ccccc2NS(=O)(=O)c2ccc(Cl)cc2)cc1. The van der Waals surface area contributed by atoms with Crippen LogP contribution in [-0.4, -0.2) is 28.4 Å². The predicted octanol–water partition coefficient (Wildman–Crippen LogP) is 4.46. The number of hydrogen-bond acceptors (Lipinski definition) is 4. The van der Waals surface area contributed by atoms with Gasteiger partial charge in [-0.25, -0.2) is 8.42 Å². The summed E-state index contributed by atoms with van der Waals surface area (Å²) in [6, 6.07) is 19.5. The minimum absolute atomic E-state index is 0.0522. The second-order valence-electron chi connectivity index (χ2n) is 6.50. The van der Waals surface area contributed by atoms with E-state index in [2.05, 4.69) is 10.0 Å². The molecule has 150 valence electrons. The molecule has 3 aromatic rings. The lowest BCUT2D eigenvalue weighted by atomic mass is 10.1. The molecule has 0 heterocycles. The fraction of sp³-hybridized carbons (Fsp3) is 0.0952. The minimum Gasteiger partial charge on any atom is -0.378 e. The van der Waals surface area contributed by atoms with Gasteiger partial charge in [-0.2, -0.15) is 0 Å². The number of carbonyl (C=O) groups excluding carboxylic acids is 1. The standard InChI is InChI=1S/C21H20ClN3O3S/c1-25(2)17-11-9-16(10-12-17)23-21(26)19-5-3-4-6-20(19)24-29(27,28)18-13-7-15(22)8-14-18/h3-14,24H,1-2H3,(H,23,26). The number of anilines is 3. The van der Waals surface area contributed by atoms with E-state index >= 15 is 0 Å². The topological polar surface area (TPSA) is 78.5 Å². The molecular weight excluding hydrogens is 410 g/mol. The van der Waals surface area contributed by atoms with Gasteiger partial charge in [-0.05, 0) is 60.7 Å². The highest BCUT2D eigenvalue weighted by molar-refractivity contribution is 7.92. The predicted molar refractivity (Wildman–Crippen MR) is 117 cm³/mol. The zero-order chi connectivity index (χ0) is 21.0. The van der Waals surface area contributed by atoms with Crippen molar-refractivity contribution in [3.8, 4) is 0 Å². The van der Waals surface area contributed by atoms with Gasteiger partial charge in [0.2, 0.25) is 0 Å². The van der Waals surface area contributed by atoms with Crippen LogP contribution < -0.4 is 14.9 Å².